The van der Waals surface area contributed by atoms with Gasteiger partial charge in [-0.1, -0.05) is 12.1 Å². The van der Waals surface area contributed by atoms with E-state index in [1.54, 1.807) is 11.8 Å². The van der Waals surface area contributed by atoms with Gasteiger partial charge >= 0.3 is 0 Å². The Kier molecular flexibility index (Phi) is 4.95. The van der Waals surface area contributed by atoms with Crippen LogP contribution in [-0.4, -0.2) is 47.7 Å². The first-order valence-electron chi connectivity index (χ1n) is 6.34. The van der Waals surface area contributed by atoms with E-state index in [0.717, 1.165) is 6.42 Å². The zero-order valence-electron chi connectivity index (χ0n) is 11.3. The van der Waals surface area contributed by atoms with Crippen LogP contribution >= 0.6 is 0 Å². The van der Waals surface area contributed by atoms with E-state index in [4.69, 9.17) is 15.7 Å². The van der Waals surface area contributed by atoms with E-state index in [9.17, 15) is 4.79 Å². The molecule has 0 saturated carbocycles. The second-order valence-electron chi connectivity index (χ2n) is 4.96. The average molecular weight is 257 g/mol. The number of hydrogen-bond donors (Lipinski definition) is 2. The lowest BCUT2D eigenvalue weighted by Crippen LogP contribution is -2.50. The number of hydrogen-bond acceptors (Lipinski definition) is 4. The average Bonchev–Trinajstić information content (AvgIpc) is 2.60. The molecule has 0 radical (unpaired) electrons. The van der Waals surface area contributed by atoms with Crippen molar-refractivity contribution in [2.24, 2.45) is 16.3 Å². The lowest BCUT2D eigenvalue weighted by molar-refractivity contribution is -0.138. The van der Waals surface area contributed by atoms with Gasteiger partial charge in [-0.2, -0.15) is 0 Å². The van der Waals surface area contributed by atoms with E-state index >= 15 is 0 Å². The normalized spacial score (nSPS) is 25.4. The molecular formula is C12H23N3O3. The molecule has 18 heavy (non-hydrogen) atoms. The van der Waals surface area contributed by atoms with Crippen molar-refractivity contribution in [2.75, 3.05) is 19.7 Å². The molecule has 1 rings (SSSR count). The largest absolute Gasteiger partial charge is 0.409 e. The third-order valence-electron chi connectivity index (χ3n) is 3.59. The van der Waals surface area contributed by atoms with Crippen LogP contribution in [0.4, 0.5) is 0 Å². The minimum absolute atomic E-state index is 0.0184. The third kappa shape index (κ3) is 2.93. The number of ether oxygens (including phenoxy) is 1. The predicted molar refractivity (Wildman–Crippen MR) is 68.4 cm³/mol. The van der Waals surface area contributed by atoms with Crippen molar-refractivity contribution in [1.82, 2.24) is 4.90 Å². The standard InChI is InChI=1S/C12H23N3O3/c1-4-12(3,10(13)14-17)11(16)15-6-5-7-18-9(2)8-15/h9,17H,4-8H2,1-3H3,(H2,13,14). The first-order chi connectivity index (χ1) is 8.45. The molecule has 0 aromatic heterocycles. The highest BCUT2D eigenvalue weighted by Crippen LogP contribution is 2.25. The van der Waals surface area contributed by atoms with Crippen molar-refractivity contribution >= 4 is 11.7 Å². The molecule has 104 valence electrons. The molecule has 1 saturated heterocycles. The maximum Gasteiger partial charge on any atom is 0.236 e. The highest BCUT2D eigenvalue weighted by atomic mass is 16.5. The number of rotatable bonds is 3. The number of carbonyl (C=O) groups is 1. The molecule has 1 amide bonds. The molecule has 0 spiro atoms. The van der Waals surface area contributed by atoms with Gasteiger partial charge in [0, 0.05) is 19.7 Å². The van der Waals surface area contributed by atoms with Crippen LogP contribution in [0.5, 0.6) is 0 Å². The van der Waals surface area contributed by atoms with Gasteiger partial charge in [-0.25, -0.2) is 0 Å². The van der Waals surface area contributed by atoms with Crippen molar-refractivity contribution in [1.29, 1.82) is 0 Å². The molecule has 1 heterocycles. The summed E-state index contributed by atoms with van der Waals surface area (Å²) >= 11 is 0. The van der Waals surface area contributed by atoms with Crippen LogP contribution in [0, 0.1) is 5.41 Å². The van der Waals surface area contributed by atoms with Crippen molar-refractivity contribution in [2.45, 2.75) is 39.7 Å². The SMILES string of the molecule is CCC(C)(C(=O)N1CCCOC(C)C1)C(N)=NO. The highest BCUT2D eigenvalue weighted by molar-refractivity contribution is 6.06. The molecule has 0 bridgehead atoms. The van der Waals surface area contributed by atoms with Crippen LogP contribution in [0.2, 0.25) is 0 Å². The zero-order valence-corrected chi connectivity index (χ0v) is 11.3. The lowest BCUT2D eigenvalue weighted by atomic mass is 9.84. The van der Waals surface area contributed by atoms with Crippen LogP contribution < -0.4 is 5.73 Å². The minimum atomic E-state index is -0.946. The fraction of sp³-hybridized carbons (Fsp3) is 0.833. The smallest absolute Gasteiger partial charge is 0.236 e. The minimum Gasteiger partial charge on any atom is -0.409 e. The second kappa shape index (κ2) is 6.04. The number of carbonyl (C=O) groups excluding carboxylic acids is 1. The molecule has 1 aliphatic heterocycles. The third-order valence-corrected chi connectivity index (χ3v) is 3.59. The van der Waals surface area contributed by atoms with Gasteiger partial charge in [0.2, 0.25) is 5.91 Å². The van der Waals surface area contributed by atoms with Crippen LogP contribution in [0.3, 0.4) is 0 Å². The van der Waals surface area contributed by atoms with Crippen molar-refractivity contribution < 1.29 is 14.7 Å². The summed E-state index contributed by atoms with van der Waals surface area (Å²) < 4.78 is 5.51. The van der Waals surface area contributed by atoms with E-state index < -0.39 is 5.41 Å². The zero-order chi connectivity index (χ0) is 13.8. The molecule has 2 unspecified atom stereocenters. The summed E-state index contributed by atoms with van der Waals surface area (Å²) in [6, 6.07) is 0. The molecule has 0 aliphatic carbocycles. The van der Waals surface area contributed by atoms with Gasteiger partial charge in [-0.15, -0.1) is 0 Å². The van der Waals surface area contributed by atoms with Crippen molar-refractivity contribution in [3.63, 3.8) is 0 Å². The molecule has 0 aromatic carbocycles. The topological polar surface area (TPSA) is 88.2 Å². The van der Waals surface area contributed by atoms with Gasteiger partial charge < -0.3 is 20.6 Å². The Balaban J connectivity index is 2.89. The monoisotopic (exact) mass is 257 g/mol. The van der Waals surface area contributed by atoms with Gasteiger partial charge in [0.1, 0.15) is 5.41 Å². The van der Waals surface area contributed by atoms with Crippen LogP contribution in [-0.2, 0) is 9.53 Å². The Labute approximate surface area is 108 Å². The van der Waals surface area contributed by atoms with Gasteiger partial charge in [-0.05, 0) is 26.7 Å². The van der Waals surface area contributed by atoms with Gasteiger partial charge in [-0.3, -0.25) is 4.79 Å². The summed E-state index contributed by atoms with van der Waals surface area (Å²) in [7, 11) is 0. The van der Waals surface area contributed by atoms with Crippen molar-refractivity contribution in [3.8, 4) is 0 Å². The molecule has 1 aliphatic rings. The maximum absolute atomic E-state index is 12.5. The van der Waals surface area contributed by atoms with E-state index in [1.165, 1.54) is 0 Å². The van der Waals surface area contributed by atoms with Gasteiger partial charge in [0.25, 0.3) is 0 Å². The van der Waals surface area contributed by atoms with E-state index in [0.29, 0.717) is 26.1 Å². The fourth-order valence-corrected chi connectivity index (χ4v) is 2.08. The summed E-state index contributed by atoms with van der Waals surface area (Å²) in [6.07, 6.45) is 1.32. The van der Waals surface area contributed by atoms with Crippen molar-refractivity contribution in [3.05, 3.63) is 0 Å². The van der Waals surface area contributed by atoms with Gasteiger partial charge in [0.15, 0.2) is 5.84 Å². The molecule has 6 heteroatoms. The van der Waals surface area contributed by atoms with E-state index in [1.807, 2.05) is 13.8 Å². The molecule has 6 nitrogen and oxygen atoms in total. The first kappa shape index (κ1) is 14.8. The Hall–Kier alpha value is -1.30. The quantitative estimate of drug-likeness (QED) is 0.338. The summed E-state index contributed by atoms with van der Waals surface area (Å²) in [5.41, 5.74) is 4.72. The number of nitrogens with two attached hydrogens (primary N) is 1. The fourth-order valence-electron chi connectivity index (χ4n) is 2.08. The van der Waals surface area contributed by atoms with Crippen LogP contribution in [0.1, 0.15) is 33.6 Å². The summed E-state index contributed by atoms with van der Waals surface area (Å²) in [5, 5.41) is 11.8. The predicted octanol–water partition coefficient (Wildman–Crippen LogP) is 0.787. The molecule has 2 atom stereocenters. The highest BCUT2D eigenvalue weighted by Gasteiger charge is 2.40. The Bertz CT molecular complexity index is 333. The number of amides is 1. The Morgan fingerprint density at radius 2 is 2.33 bits per heavy atom. The van der Waals surface area contributed by atoms with Crippen LogP contribution in [0.25, 0.3) is 0 Å². The Morgan fingerprint density at radius 3 is 2.89 bits per heavy atom. The maximum atomic E-state index is 12.5. The number of oxime groups is 1. The summed E-state index contributed by atoms with van der Waals surface area (Å²) in [6.45, 7) is 7.37. The van der Waals surface area contributed by atoms with Gasteiger partial charge in [0.05, 0.1) is 6.10 Å². The molecule has 1 fully saturated rings. The molecule has 0 aromatic rings. The lowest BCUT2D eigenvalue weighted by Gasteiger charge is -2.32. The van der Waals surface area contributed by atoms with Crippen LogP contribution in [0.15, 0.2) is 5.16 Å². The Morgan fingerprint density at radius 1 is 1.67 bits per heavy atom. The first-order valence-corrected chi connectivity index (χ1v) is 6.34. The van der Waals surface area contributed by atoms with E-state index in [2.05, 4.69) is 5.16 Å². The molecular weight excluding hydrogens is 234 g/mol. The second-order valence-corrected chi connectivity index (χ2v) is 4.96. The summed E-state index contributed by atoms with van der Waals surface area (Å²) in [5.74, 6) is -0.134. The summed E-state index contributed by atoms with van der Waals surface area (Å²) in [4.78, 5) is 14.3. The number of amidine groups is 1. The molecule has 3 N–H and O–H groups in total. The van der Waals surface area contributed by atoms with E-state index in [-0.39, 0.29) is 17.8 Å². The number of nitrogens with zero attached hydrogens (tertiary/aromatic N) is 2.